The normalized spacial score (nSPS) is 11.0. The minimum Gasteiger partial charge on any atom is -0.361 e. The van der Waals surface area contributed by atoms with Crippen molar-refractivity contribution in [2.45, 2.75) is 26.3 Å². The van der Waals surface area contributed by atoms with Gasteiger partial charge in [0.25, 0.3) is 5.91 Å². The Kier molecular flexibility index (Phi) is 8.10. The minimum atomic E-state index is -0.612. The molecule has 0 aliphatic carbocycles. The number of aromatic nitrogens is 1. The van der Waals surface area contributed by atoms with Crippen molar-refractivity contribution in [2.75, 3.05) is 19.6 Å². The molecule has 0 aliphatic rings. The Balaban J connectivity index is 1.54. The molecule has 186 valence electrons. The number of nitrogens with zero attached hydrogens (tertiary/aromatic N) is 2. The van der Waals surface area contributed by atoms with Crippen molar-refractivity contribution in [3.63, 3.8) is 0 Å². The summed E-state index contributed by atoms with van der Waals surface area (Å²) in [6.07, 6.45) is 3.17. The van der Waals surface area contributed by atoms with Crippen molar-refractivity contribution in [3.05, 3.63) is 107 Å². The van der Waals surface area contributed by atoms with E-state index in [-0.39, 0.29) is 30.4 Å². The summed E-state index contributed by atoms with van der Waals surface area (Å²) in [5.74, 6) is -1.72. The first-order valence-corrected chi connectivity index (χ1v) is 12.1. The number of carbonyl (C=O) groups is 2. The van der Waals surface area contributed by atoms with E-state index in [2.05, 4.69) is 4.98 Å². The first-order chi connectivity index (χ1) is 17.5. The lowest BCUT2D eigenvalue weighted by molar-refractivity contribution is -0.132. The second kappa shape index (κ2) is 11.6. The highest BCUT2D eigenvalue weighted by Crippen LogP contribution is 2.19. The summed E-state index contributed by atoms with van der Waals surface area (Å²) < 4.78 is 27.7. The maximum atomic E-state index is 14.3. The third-order valence-electron chi connectivity index (χ3n) is 6.18. The molecule has 3 aromatic carbocycles. The Labute approximate surface area is 209 Å². The number of rotatable bonds is 10. The number of carbonyl (C=O) groups excluding carboxylic acids is 2. The van der Waals surface area contributed by atoms with Crippen molar-refractivity contribution in [1.82, 2.24) is 14.8 Å². The lowest BCUT2D eigenvalue weighted by atomic mass is 10.1. The number of hydrogen-bond donors (Lipinski definition) is 1. The second-order valence-corrected chi connectivity index (χ2v) is 8.76. The van der Waals surface area contributed by atoms with E-state index in [4.69, 9.17) is 0 Å². The third-order valence-corrected chi connectivity index (χ3v) is 6.18. The Morgan fingerprint density at radius 1 is 0.861 bits per heavy atom. The van der Waals surface area contributed by atoms with Crippen LogP contribution in [0.15, 0.2) is 79.0 Å². The molecule has 1 N–H and O–H groups in total. The van der Waals surface area contributed by atoms with E-state index in [9.17, 15) is 18.4 Å². The van der Waals surface area contributed by atoms with E-state index in [1.807, 2.05) is 37.4 Å². The monoisotopic (exact) mass is 489 g/mol. The SMILES string of the molecule is CCCN(CC(=O)N(CCc1c[nH]c2ccccc12)Cc1ccc(F)cc1)C(=O)c1ccccc1F. The van der Waals surface area contributed by atoms with Crippen molar-refractivity contribution in [3.8, 4) is 0 Å². The molecule has 0 radical (unpaired) electrons. The average Bonchev–Trinajstić information content (AvgIpc) is 3.30. The number of para-hydroxylation sites is 1. The predicted octanol–water partition coefficient (Wildman–Crippen LogP) is 5.57. The zero-order valence-corrected chi connectivity index (χ0v) is 20.2. The van der Waals surface area contributed by atoms with Crippen molar-refractivity contribution >= 4 is 22.7 Å². The van der Waals surface area contributed by atoms with E-state index in [0.717, 1.165) is 22.0 Å². The fraction of sp³-hybridized carbons (Fsp3) is 0.241. The summed E-state index contributed by atoms with van der Waals surface area (Å²) in [7, 11) is 0. The maximum Gasteiger partial charge on any atom is 0.257 e. The number of amides is 2. The second-order valence-electron chi connectivity index (χ2n) is 8.76. The highest BCUT2D eigenvalue weighted by Gasteiger charge is 2.24. The number of halogens is 2. The van der Waals surface area contributed by atoms with Crippen LogP contribution < -0.4 is 0 Å². The van der Waals surface area contributed by atoms with Crippen LogP contribution in [0, 0.1) is 11.6 Å². The van der Waals surface area contributed by atoms with Crippen LogP contribution in [0.25, 0.3) is 10.9 Å². The molecule has 1 aromatic heterocycles. The quantitative estimate of drug-likeness (QED) is 0.317. The van der Waals surface area contributed by atoms with Crippen molar-refractivity contribution in [1.29, 1.82) is 0 Å². The van der Waals surface area contributed by atoms with Crippen LogP contribution in [-0.2, 0) is 17.8 Å². The summed E-state index contributed by atoms with van der Waals surface area (Å²) in [6, 6.07) is 19.8. The Hall–Kier alpha value is -4.00. The molecule has 2 amide bonds. The average molecular weight is 490 g/mol. The maximum absolute atomic E-state index is 14.3. The summed E-state index contributed by atoms with van der Waals surface area (Å²) >= 11 is 0. The lowest BCUT2D eigenvalue weighted by Crippen LogP contribution is -2.43. The molecule has 4 rings (SSSR count). The number of nitrogens with one attached hydrogen (secondary N) is 1. The van der Waals surface area contributed by atoms with Crippen molar-refractivity contribution in [2.24, 2.45) is 0 Å². The molecule has 7 heteroatoms. The lowest BCUT2D eigenvalue weighted by Gasteiger charge is -2.28. The van der Waals surface area contributed by atoms with Gasteiger partial charge < -0.3 is 14.8 Å². The van der Waals surface area contributed by atoms with Crippen LogP contribution in [-0.4, -0.2) is 46.2 Å². The number of fused-ring (bicyclic) bond motifs is 1. The van der Waals surface area contributed by atoms with E-state index in [1.54, 1.807) is 23.1 Å². The zero-order chi connectivity index (χ0) is 25.5. The molecule has 0 bridgehead atoms. The van der Waals surface area contributed by atoms with Crippen LogP contribution in [0.2, 0.25) is 0 Å². The molecule has 0 aliphatic heterocycles. The standard InChI is InChI=1S/C29H29F2N3O2/c1-2-16-34(29(36)25-8-3-5-9-26(25)31)20-28(35)33(19-21-11-13-23(30)14-12-21)17-15-22-18-32-27-10-6-4-7-24(22)27/h3-14,18,32H,2,15-17,19-20H2,1H3. The van der Waals surface area contributed by atoms with Crippen LogP contribution in [0.5, 0.6) is 0 Å². The van der Waals surface area contributed by atoms with Gasteiger partial charge in [-0.05, 0) is 54.3 Å². The van der Waals surface area contributed by atoms with Gasteiger partial charge >= 0.3 is 0 Å². The Bertz CT molecular complexity index is 1330. The highest BCUT2D eigenvalue weighted by molar-refractivity contribution is 5.96. The van der Waals surface area contributed by atoms with E-state index < -0.39 is 11.7 Å². The number of hydrogen-bond acceptors (Lipinski definition) is 2. The molecule has 0 atom stereocenters. The molecule has 0 fully saturated rings. The summed E-state index contributed by atoms with van der Waals surface area (Å²) in [5.41, 5.74) is 2.83. The first-order valence-electron chi connectivity index (χ1n) is 12.1. The van der Waals surface area contributed by atoms with Gasteiger partial charge in [0.1, 0.15) is 18.2 Å². The molecule has 5 nitrogen and oxygen atoms in total. The summed E-state index contributed by atoms with van der Waals surface area (Å²) in [4.78, 5) is 32.9. The van der Waals surface area contributed by atoms with Gasteiger partial charge in [-0.15, -0.1) is 0 Å². The molecule has 1 heterocycles. The third kappa shape index (κ3) is 5.97. The fourth-order valence-corrected chi connectivity index (χ4v) is 4.29. The van der Waals surface area contributed by atoms with E-state index in [1.165, 1.54) is 35.2 Å². The fourth-order valence-electron chi connectivity index (χ4n) is 4.29. The molecule has 0 saturated carbocycles. The first kappa shape index (κ1) is 25.1. The van der Waals surface area contributed by atoms with Crippen LogP contribution in [0.1, 0.15) is 34.8 Å². The number of H-pyrrole nitrogens is 1. The van der Waals surface area contributed by atoms with Gasteiger partial charge in [0, 0.05) is 36.7 Å². The molecule has 0 spiro atoms. The van der Waals surface area contributed by atoms with Crippen LogP contribution >= 0.6 is 0 Å². The van der Waals surface area contributed by atoms with Gasteiger partial charge in [0.2, 0.25) is 5.91 Å². The summed E-state index contributed by atoms with van der Waals surface area (Å²) in [5, 5.41) is 1.09. The minimum absolute atomic E-state index is 0.0531. The molecule has 36 heavy (non-hydrogen) atoms. The number of aromatic amines is 1. The molecule has 0 unspecified atom stereocenters. The topological polar surface area (TPSA) is 56.4 Å². The van der Waals surface area contributed by atoms with Gasteiger partial charge in [-0.2, -0.15) is 0 Å². The molecule has 0 saturated heterocycles. The largest absolute Gasteiger partial charge is 0.361 e. The Morgan fingerprint density at radius 2 is 1.58 bits per heavy atom. The molecular weight excluding hydrogens is 460 g/mol. The van der Waals surface area contributed by atoms with Gasteiger partial charge in [-0.1, -0.05) is 49.4 Å². The van der Waals surface area contributed by atoms with Crippen molar-refractivity contribution < 1.29 is 18.4 Å². The number of benzene rings is 3. The molecule has 4 aromatic rings. The smallest absolute Gasteiger partial charge is 0.257 e. The zero-order valence-electron chi connectivity index (χ0n) is 20.2. The predicted molar refractivity (Wildman–Crippen MR) is 136 cm³/mol. The van der Waals surface area contributed by atoms with Gasteiger partial charge in [-0.25, -0.2) is 8.78 Å². The van der Waals surface area contributed by atoms with Crippen LogP contribution in [0.4, 0.5) is 8.78 Å². The Morgan fingerprint density at radius 3 is 2.33 bits per heavy atom. The summed E-state index contributed by atoms with van der Waals surface area (Å²) in [6.45, 7) is 2.74. The van der Waals surface area contributed by atoms with Crippen LogP contribution in [0.3, 0.4) is 0 Å². The molecular formula is C29H29F2N3O2. The van der Waals surface area contributed by atoms with Gasteiger partial charge in [0.15, 0.2) is 0 Å². The van der Waals surface area contributed by atoms with Gasteiger partial charge in [-0.3, -0.25) is 9.59 Å². The van der Waals surface area contributed by atoms with Gasteiger partial charge in [0.05, 0.1) is 5.56 Å². The van der Waals surface area contributed by atoms with E-state index >= 15 is 0 Å². The van der Waals surface area contributed by atoms with E-state index in [0.29, 0.717) is 25.9 Å². The highest BCUT2D eigenvalue weighted by atomic mass is 19.1.